The predicted molar refractivity (Wildman–Crippen MR) is 55.7 cm³/mol. The van der Waals surface area contributed by atoms with Crippen LogP contribution in [0.1, 0.15) is 59.8 Å². The van der Waals surface area contributed by atoms with Crippen molar-refractivity contribution in [3.63, 3.8) is 0 Å². The molecule has 0 aromatic heterocycles. The highest BCUT2D eigenvalue weighted by Crippen LogP contribution is 2.26. The molecule has 2 N–H and O–H groups in total. The van der Waals surface area contributed by atoms with E-state index in [1.807, 2.05) is 6.92 Å². The Balaban J connectivity index is 0.000000252. The summed E-state index contributed by atoms with van der Waals surface area (Å²) >= 11 is 0. The van der Waals surface area contributed by atoms with Crippen LogP contribution in [0.25, 0.3) is 0 Å². The van der Waals surface area contributed by atoms with Crippen molar-refractivity contribution in [2.75, 3.05) is 0 Å². The molecular weight excluding hydrogens is 164 g/mol. The number of rotatable bonds is 0. The first-order chi connectivity index (χ1) is 5.71. The highest BCUT2D eigenvalue weighted by Gasteiger charge is 2.22. The zero-order valence-electron chi connectivity index (χ0n) is 9.43. The summed E-state index contributed by atoms with van der Waals surface area (Å²) in [7, 11) is 0. The molecule has 0 spiro atoms. The molecule has 0 bridgehead atoms. The zero-order valence-corrected chi connectivity index (χ0v) is 9.43. The first kappa shape index (κ1) is 12.9. The van der Waals surface area contributed by atoms with Crippen molar-refractivity contribution >= 4 is 0 Å². The van der Waals surface area contributed by atoms with Crippen molar-refractivity contribution in [1.82, 2.24) is 0 Å². The molecule has 0 aliphatic heterocycles. The van der Waals surface area contributed by atoms with Crippen molar-refractivity contribution < 1.29 is 10.2 Å². The van der Waals surface area contributed by atoms with Crippen LogP contribution in [0.5, 0.6) is 0 Å². The van der Waals surface area contributed by atoms with Gasteiger partial charge in [0.25, 0.3) is 0 Å². The van der Waals surface area contributed by atoms with Gasteiger partial charge in [0, 0.05) is 0 Å². The number of hydrogen-bond acceptors (Lipinski definition) is 2. The van der Waals surface area contributed by atoms with Crippen LogP contribution in [0.2, 0.25) is 0 Å². The summed E-state index contributed by atoms with van der Waals surface area (Å²) in [6.07, 6.45) is 5.76. The Morgan fingerprint density at radius 2 is 1.31 bits per heavy atom. The minimum Gasteiger partial charge on any atom is -0.391 e. The molecule has 1 aliphatic rings. The van der Waals surface area contributed by atoms with Gasteiger partial charge in [-0.05, 0) is 40.5 Å². The van der Waals surface area contributed by atoms with Gasteiger partial charge in [-0.15, -0.1) is 0 Å². The van der Waals surface area contributed by atoms with Gasteiger partial charge in [-0.3, -0.25) is 0 Å². The quantitative estimate of drug-likeness (QED) is 0.613. The molecular formula is C11H24O2. The van der Waals surface area contributed by atoms with Crippen LogP contribution in [0, 0.1) is 0 Å². The van der Waals surface area contributed by atoms with Gasteiger partial charge in [-0.1, -0.05) is 19.3 Å². The van der Waals surface area contributed by atoms with Crippen LogP contribution in [0.4, 0.5) is 0 Å². The fourth-order valence-electron chi connectivity index (χ4n) is 1.31. The second-order valence-corrected chi connectivity index (χ2v) is 5.23. The van der Waals surface area contributed by atoms with Gasteiger partial charge in [0.15, 0.2) is 0 Å². The Kier molecular flexibility index (Phi) is 4.93. The summed E-state index contributed by atoms with van der Waals surface area (Å²) in [4.78, 5) is 0. The third-order valence-electron chi connectivity index (χ3n) is 1.93. The van der Waals surface area contributed by atoms with E-state index in [4.69, 9.17) is 5.11 Å². The highest BCUT2D eigenvalue weighted by atomic mass is 16.3. The Morgan fingerprint density at radius 1 is 1.00 bits per heavy atom. The second kappa shape index (κ2) is 4.97. The minimum atomic E-state index is -0.500. The molecule has 0 radical (unpaired) electrons. The first-order valence-electron chi connectivity index (χ1n) is 5.15. The van der Waals surface area contributed by atoms with Gasteiger partial charge in [0.2, 0.25) is 0 Å². The molecule has 13 heavy (non-hydrogen) atoms. The lowest BCUT2D eigenvalue weighted by atomic mass is 9.87. The van der Waals surface area contributed by atoms with E-state index >= 15 is 0 Å². The van der Waals surface area contributed by atoms with E-state index in [1.54, 1.807) is 20.8 Å². The van der Waals surface area contributed by atoms with Gasteiger partial charge >= 0.3 is 0 Å². The Hall–Kier alpha value is -0.0800. The maximum absolute atomic E-state index is 9.37. The van der Waals surface area contributed by atoms with Crippen molar-refractivity contribution in [3.05, 3.63) is 0 Å². The summed E-state index contributed by atoms with van der Waals surface area (Å²) in [5.41, 5.74) is -0.821. The van der Waals surface area contributed by atoms with E-state index in [2.05, 4.69) is 0 Å². The molecule has 2 nitrogen and oxygen atoms in total. The smallest absolute Gasteiger partial charge is 0.0619 e. The fourth-order valence-corrected chi connectivity index (χ4v) is 1.31. The molecule has 0 heterocycles. The lowest BCUT2D eigenvalue weighted by molar-refractivity contribution is 0.0225. The van der Waals surface area contributed by atoms with Crippen LogP contribution < -0.4 is 0 Å². The van der Waals surface area contributed by atoms with E-state index < -0.39 is 5.60 Å². The van der Waals surface area contributed by atoms with Crippen molar-refractivity contribution in [2.45, 2.75) is 71.0 Å². The second-order valence-electron chi connectivity index (χ2n) is 5.23. The monoisotopic (exact) mass is 188 g/mol. The van der Waals surface area contributed by atoms with Crippen molar-refractivity contribution in [2.24, 2.45) is 0 Å². The van der Waals surface area contributed by atoms with Gasteiger partial charge in [-0.25, -0.2) is 0 Å². The molecule has 1 saturated carbocycles. The molecule has 1 aliphatic carbocycles. The first-order valence-corrected chi connectivity index (χ1v) is 5.15. The van der Waals surface area contributed by atoms with Crippen LogP contribution in [0.3, 0.4) is 0 Å². The minimum absolute atomic E-state index is 0.321. The molecule has 1 fully saturated rings. The Morgan fingerprint density at radius 3 is 1.46 bits per heavy atom. The molecule has 2 heteroatoms. The summed E-state index contributed by atoms with van der Waals surface area (Å²) < 4.78 is 0. The third kappa shape index (κ3) is 11.9. The van der Waals surface area contributed by atoms with E-state index in [9.17, 15) is 5.11 Å². The zero-order chi connectivity index (χ0) is 10.5. The van der Waals surface area contributed by atoms with Gasteiger partial charge in [0.1, 0.15) is 0 Å². The molecule has 80 valence electrons. The van der Waals surface area contributed by atoms with Crippen molar-refractivity contribution in [1.29, 1.82) is 0 Å². The summed E-state index contributed by atoms with van der Waals surface area (Å²) in [5, 5.41) is 17.9. The number of aliphatic hydroxyl groups is 2. The maximum Gasteiger partial charge on any atom is 0.0619 e. The summed E-state index contributed by atoms with van der Waals surface area (Å²) in [5.74, 6) is 0. The van der Waals surface area contributed by atoms with E-state index in [-0.39, 0.29) is 5.60 Å². The number of hydrogen-bond donors (Lipinski definition) is 2. The van der Waals surface area contributed by atoms with Crippen LogP contribution in [-0.2, 0) is 0 Å². The standard InChI is InChI=1S/C7H14O.C4H10O/c1-7(8)5-3-2-4-6-7;1-4(2,3)5/h8H,2-6H2,1H3;5H,1-3H3. The molecule has 1 rings (SSSR count). The average Bonchev–Trinajstić information content (AvgIpc) is 1.82. The maximum atomic E-state index is 9.37. The molecule has 0 amide bonds. The topological polar surface area (TPSA) is 40.5 Å². The Labute approximate surface area is 82.0 Å². The molecule has 0 saturated heterocycles. The lowest BCUT2D eigenvalue weighted by Crippen LogP contribution is -2.26. The van der Waals surface area contributed by atoms with Crippen molar-refractivity contribution in [3.8, 4) is 0 Å². The van der Waals surface area contributed by atoms with Crippen LogP contribution in [0.15, 0.2) is 0 Å². The van der Waals surface area contributed by atoms with E-state index in [0.29, 0.717) is 0 Å². The van der Waals surface area contributed by atoms with E-state index in [1.165, 1.54) is 19.3 Å². The van der Waals surface area contributed by atoms with Gasteiger partial charge in [-0.2, -0.15) is 0 Å². The van der Waals surface area contributed by atoms with Gasteiger partial charge in [0.05, 0.1) is 11.2 Å². The lowest BCUT2D eigenvalue weighted by Gasteiger charge is -2.27. The predicted octanol–water partition coefficient (Wildman–Crippen LogP) is 2.48. The fraction of sp³-hybridized carbons (Fsp3) is 1.00. The Bertz CT molecular complexity index is 120. The normalized spacial score (nSPS) is 21.7. The van der Waals surface area contributed by atoms with Gasteiger partial charge < -0.3 is 10.2 Å². The van der Waals surface area contributed by atoms with E-state index in [0.717, 1.165) is 12.8 Å². The molecule has 0 aromatic carbocycles. The largest absolute Gasteiger partial charge is 0.391 e. The molecule has 0 unspecified atom stereocenters. The summed E-state index contributed by atoms with van der Waals surface area (Å²) in [6.45, 7) is 7.17. The average molecular weight is 188 g/mol. The van der Waals surface area contributed by atoms with Crippen LogP contribution >= 0.6 is 0 Å². The SMILES string of the molecule is CC(C)(C)O.CC1(O)CCCCC1. The third-order valence-corrected chi connectivity index (χ3v) is 1.93. The highest BCUT2D eigenvalue weighted by molar-refractivity contribution is 4.76. The summed E-state index contributed by atoms with van der Waals surface area (Å²) in [6, 6.07) is 0. The molecule has 0 aromatic rings. The molecule has 0 atom stereocenters. The van der Waals surface area contributed by atoms with Crippen LogP contribution in [-0.4, -0.2) is 21.4 Å².